The monoisotopic (exact) mass is 420 g/mol. The fourth-order valence-corrected chi connectivity index (χ4v) is 2.90. The minimum Gasteiger partial charge on any atom is -0.459 e. The average Bonchev–Trinajstić information content (AvgIpc) is 3.29. The number of carbonyl (C=O) groups excluding carboxylic acids is 3. The molecule has 1 heterocycles. The minimum absolute atomic E-state index is 0.185. The number of carbonyl (C=O) groups is 3. The molecule has 0 aliphatic heterocycles. The molecule has 0 saturated carbocycles. The summed E-state index contributed by atoms with van der Waals surface area (Å²) in [5, 5.41) is 5.48. The summed E-state index contributed by atoms with van der Waals surface area (Å²) in [4.78, 5) is 36.3. The van der Waals surface area contributed by atoms with Gasteiger partial charge in [0, 0.05) is 5.69 Å². The lowest BCUT2D eigenvalue weighted by molar-refractivity contribution is -0.124. The van der Waals surface area contributed by atoms with Gasteiger partial charge < -0.3 is 19.8 Å². The van der Waals surface area contributed by atoms with Gasteiger partial charge in [-0.05, 0) is 73.9 Å². The van der Waals surface area contributed by atoms with Crippen LogP contribution in [-0.4, -0.2) is 24.4 Å². The number of nitrogens with one attached hydrogen (secondary N) is 2. The summed E-state index contributed by atoms with van der Waals surface area (Å²) in [5.74, 6) is -1.22. The van der Waals surface area contributed by atoms with Gasteiger partial charge in [0.1, 0.15) is 0 Å². The van der Waals surface area contributed by atoms with Crippen molar-refractivity contribution in [2.24, 2.45) is 0 Å². The molecule has 0 radical (unpaired) electrons. The molecule has 31 heavy (non-hydrogen) atoms. The van der Waals surface area contributed by atoms with Gasteiger partial charge >= 0.3 is 5.97 Å². The zero-order valence-corrected chi connectivity index (χ0v) is 17.6. The van der Waals surface area contributed by atoms with Crippen molar-refractivity contribution in [3.05, 3.63) is 88.9 Å². The number of hydrogen-bond acceptors (Lipinski definition) is 5. The van der Waals surface area contributed by atoms with Gasteiger partial charge in [0.25, 0.3) is 11.8 Å². The first-order chi connectivity index (χ1) is 14.8. The Morgan fingerprint density at radius 2 is 1.74 bits per heavy atom. The lowest BCUT2D eigenvalue weighted by Gasteiger charge is -2.16. The van der Waals surface area contributed by atoms with E-state index in [9.17, 15) is 14.4 Å². The Bertz CT molecular complexity index is 1070. The lowest BCUT2D eigenvalue weighted by atomic mass is 10.0. The minimum atomic E-state index is -0.627. The summed E-state index contributed by atoms with van der Waals surface area (Å²) in [6.07, 6.45) is 1.41. The predicted octanol–water partition coefficient (Wildman–Crippen LogP) is 4.18. The largest absolute Gasteiger partial charge is 0.459 e. The third-order valence-electron chi connectivity index (χ3n) is 4.87. The second kappa shape index (κ2) is 9.75. The molecule has 1 aromatic heterocycles. The molecule has 0 aliphatic carbocycles. The fraction of sp³-hybridized carbons (Fsp3) is 0.208. The molecule has 0 aliphatic rings. The summed E-state index contributed by atoms with van der Waals surface area (Å²) < 4.78 is 10.1. The molecule has 160 valence electrons. The van der Waals surface area contributed by atoms with Gasteiger partial charge in [0.2, 0.25) is 0 Å². The Morgan fingerprint density at radius 1 is 1.00 bits per heavy atom. The van der Waals surface area contributed by atoms with Crippen molar-refractivity contribution in [2.45, 2.75) is 26.8 Å². The highest BCUT2D eigenvalue weighted by Crippen LogP contribution is 2.17. The van der Waals surface area contributed by atoms with Crippen molar-refractivity contribution in [3.8, 4) is 0 Å². The normalized spacial score (nSPS) is 11.5. The van der Waals surface area contributed by atoms with Crippen molar-refractivity contribution in [1.29, 1.82) is 0 Å². The first kappa shape index (κ1) is 21.8. The number of benzene rings is 2. The van der Waals surface area contributed by atoms with Crippen LogP contribution in [0.25, 0.3) is 0 Å². The second-order valence-corrected chi connectivity index (χ2v) is 7.22. The summed E-state index contributed by atoms with van der Waals surface area (Å²) in [5.41, 5.74) is 4.08. The quantitative estimate of drug-likeness (QED) is 0.559. The fourth-order valence-electron chi connectivity index (χ4n) is 2.90. The number of hydrogen-bond donors (Lipinski definition) is 2. The number of rotatable bonds is 7. The molecular formula is C24H24N2O5. The van der Waals surface area contributed by atoms with Crippen LogP contribution in [0.15, 0.2) is 65.3 Å². The highest BCUT2D eigenvalue weighted by molar-refractivity contribution is 6.02. The van der Waals surface area contributed by atoms with Gasteiger partial charge in [-0.2, -0.15) is 0 Å². The smallest absolute Gasteiger partial charge is 0.338 e. The predicted molar refractivity (Wildman–Crippen MR) is 116 cm³/mol. The SMILES string of the molecule is Cc1ccc([C@@H](C)NC(=O)COC(=O)c2ccc(NC(=O)c3ccco3)cc2)cc1C. The van der Waals surface area contributed by atoms with Gasteiger partial charge in [-0.1, -0.05) is 18.2 Å². The third-order valence-corrected chi connectivity index (χ3v) is 4.87. The van der Waals surface area contributed by atoms with Gasteiger partial charge in [0.15, 0.2) is 12.4 Å². The number of anilines is 1. The van der Waals surface area contributed by atoms with Crippen LogP contribution in [0.1, 0.15) is 50.6 Å². The molecule has 0 bridgehead atoms. The van der Waals surface area contributed by atoms with Crippen LogP contribution in [0.2, 0.25) is 0 Å². The van der Waals surface area contributed by atoms with Crippen LogP contribution in [-0.2, 0) is 9.53 Å². The van der Waals surface area contributed by atoms with Crippen molar-refractivity contribution in [3.63, 3.8) is 0 Å². The second-order valence-electron chi connectivity index (χ2n) is 7.22. The maximum Gasteiger partial charge on any atom is 0.338 e. The van der Waals surface area contributed by atoms with Crippen molar-refractivity contribution in [1.82, 2.24) is 5.32 Å². The number of aryl methyl sites for hydroxylation is 2. The van der Waals surface area contributed by atoms with Crippen molar-refractivity contribution in [2.75, 3.05) is 11.9 Å². The van der Waals surface area contributed by atoms with Crippen molar-refractivity contribution < 1.29 is 23.5 Å². The van der Waals surface area contributed by atoms with Crippen molar-refractivity contribution >= 4 is 23.5 Å². The maximum atomic E-state index is 12.2. The molecule has 2 N–H and O–H groups in total. The Balaban J connectivity index is 1.48. The van der Waals surface area contributed by atoms with Crippen LogP contribution >= 0.6 is 0 Å². The van der Waals surface area contributed by atoms with E-state index in [0.717, 1.165) is 11.1 Å². The standard InChI is InChI=1S/C24H24N2O5/c1-15-6-7-19(13-16(15)2)17(3)25-22(27)14-31-24(29)18-8-10-20(11-9-18)26-23(28)21-5-4-12-30-21/h4-13,17H,14H2,1-3H3,(H,25,27)(H,26,28)/t17-/m1/s1. The highest BCUT2D eigenvalue weighted by atomic mass is 16.5. The summed E-state index contributed by atoms with van der Waals surface area (Å²) in [7, 11) is 0. The molecule has 1 atom stereocenters. The average molecular weight is 420 g/mol. The Kier molecular flexibility index (Phi) is 6.87. The molecule has 0 saturated heterocycles. The Morgan fingerprint density at radius 3 is 2.39 bits per heavy atom. The first-order valence-electron chi connectivity index (χ1n) is 9.82. The highest BCUT2D eigenvalue weighted by Gasteiger charge is 2.14. The molecule has 0 fully saturated rings. The zero-order chi connectivity index (χ0) is 22.4. The van der Waals surface area contributed by atoms with Gasteiger partial charge in [0.05, 0.1) is 17.9 Å². The Labute approximate surface area is 180 Å². The number of esters is 1. The molecule has 7 nitrogen and oxygen atoms in total. The van der Waals surface area contributed by atoms with E-state index >= 15 is 0 Å². The molecule has 0 spiro atoms. The summed E-state index contributed by atoms with van der Waals surface area (Å²) in [6, 6.07) is 15.1. The van der Waals surface area contributed by atoms with Crippen LogP contribution in [0.4, 0.5) is 5.69 Å². The molecular weight excluding hydrogens is 396 g/mol. The van der Waals surface area contributed by atoms with E-state index in [1.54, 1.807) is 24.3 Å². The molecule has 7 heteroatoms. The molecule has 3 rings (SSSR count). The van der Waals surface area contributed by atoms with E-state index in [-0.39, 0.29) is 29.9 Å². The van der Waals surface area contributed by atoms with E-state index in [0.29, 0.717) is 5.69 Å². The van der Waals surface area contributed by atoms with E-state index in [1.165, 1.54) is 24.0 Å². The number of amides is 2. The lowest BCUT2D eigenvalue weighted by Crippen LogP contribution is -2.31. The van der Waals surface area contributed by atoms with Gasteiger partial charge in [-0.3, -0.25) is 9.59 Å². The van der Waals surface area contributed by atoms with E-state index in [1.807, 2.05) is 39.0 Å². The van der Waals surface area contributed by atoms with E-state index in [2.05, 4.69) is 10.6 Å². The first-order valence-corrected chi connectivity index (χ1v) is 9.82. The van der Waals surface area contributed by atoms with E-state index < -0.39 is 11.9 Å². The number of ether oxygens (including phenoxy) is 1. The summed E-state index contributed by atoms with van der Waals surface area (Å²) >= 11 is 0. The van der Waals surface area contributed by atoms with Crippen LogP contribution in [0, 0.1) is 13.8 Å². The molecule has 3 aromatic rings. The topological polar surface area (TPSA) is 97.6 Å². The number of furan rings is 1. The van der Waals surface area contributed by atoms with Crippen LogP contribution < -0.4 is 10.6 Å². The Hall–Kier alpha value is -3.87. The van der Waals surface area contributed by atoms with Gasteiger partial charge in [-0.15, -0.1) is 0 Å². The third kappa shape index (κ3) is 5.82. The van der Waals surface area contributed by atoms with E-state index in [4.69, 9.17) is 9.15 Å². The molecule has 2 amide bonds. The zero-order valence-electron chi connectivity index (χ0n) is 17.6. The van der Waals surface area contributed by atoms with Crippen LogP contribution in [0.5, 0.6) is 0 Å². The molecule has 0 unspecified atom stereocenters. The van der Waals surface area contributed by atoms with Crippen LogP contribution in [0.3, 0.4) is 0 Å². The summed E-state index contributed by atoms with van der Waals surface area (Å²) in [6.45, 7) is 5.54. The molecule has 2 aromatic carbocycles. The maximum absolute atomic E-state index is 12.2. The van der Waals surface area contributed by atoms with Gasteiger partial charge in [-0.25, -0.2) is 4.79 Å².